The molecular weight excluding hydrogens is 330 g/mol. The molecule has 1 aliphatic heterocycles. The number of aromatic nitrogens is 1. The smallest absolute Gasteiger partial charge is 0.254 e. The number of hydrogen-bond acceptors (Lipinski definition) is 5. The summed E-state index contributed by atoms with van der Waals surface area (Å²) in [5.41, 5.74) is 1.54. The van der Waals surface area contributed by atoms with Gasteiger partial charge in [-0.2, -0.15) is 4.57 Å². The van der Waals surface area contributed by atoms with Crippen LogP contribution in [0.3, 0.4) is 0 Å². The molecule has 1 fully saturated rings. The highest BCUT2D eigenvalue weighted by atomic mass is 16.5. The first-order valence-electron chi connectivity index (χ1n) is 9.02. The van der Waals surface area contributed by atoms with Gasteiger partial charge in [-0.25, -0.2) is 0 Å². The molecule has 1 aliphatic carbocycles. The van der Waals surface area contributed by atoms with E-state index in [1.54, 1.807) is 12.2 Å². The average Bonchev–Trinajstić information content (AvgIpc) is 2.70. The van der Waals surface area contributed by atoms with Crippen LogP contribution < -0.4 is 4.57 Å². The summed E-state index contributed by atoms with van der Waals surface area (Å²) in [5, 5.41) is 2.74. The number of Topliss-reactive ketones (excluding diaryl/α,β-unsaturated/α-hetero) is 1. The van der Waals surface area contributed by atoms with Gasteiger partial charge in [-0.3, -0.25) is 4.79 Å². The Morgan fingerprint density at radius 1 is 1.19 bits per heavy atom. The minimum absolute atomic E-state index is 0.196. The van der Waals surface area contributed by atoms with E-state index < -0.39 is 0 Å². The van der Waals surface area contributed by atoms with Crippen molar-refractivity contribution in [1.82, 2.24) is 4.90 Å². The van der Waals surface area contributed by atoms with Crippen LogP contribution >= 0.6 is 0 Å². The number of allylic oxidation sites excluding steroid dienone is 3. The Morgan fingerprint density at radius 2 is 1.88 bits per heavy atom. The van der Waals surface area contributed by atoms with Crippen LogP contribution in [0.25, 0.3) is 0 Å². The van der Waals surface area contributed by atoms with Crippen LogP contribution in [0, 0.1) is 10.8 Å². The number of carbonyl (C=O) groups excluding carboxylic acids is 1. The predicted octanol–water partition coefficient (Wildman–Crippen LogP) is 3.66. The van der Waals surface area contributed by atoms with Crippen molar-refractivity contribution >= 4 is 5.78 Å². The largest absolute Gasteiger partial charge is 0.331 e. The maximum atomic E-state index is 12.5. The summed E-state index contributed by atoms with van der Waals surface area (Å²) in [6, 6.07) is 3.76. The van der Waals surface area contributed by atoms with Crippen molar-refractivity contribution in [2.75, 3.05) is 6.73 Å². The van der Waals surface area contributed by atoms with Crippen LogP contribution in [0.15, 0.2) is 66.0 Å². The molecule has 1 saturated carbocycles. The molecule has 2 aliphatic rings. The lowest BCUT2D eigenvalue weighted by molar-refractivity contribution is -0.733. The Labute approximate surface area is 153 Å². The van der Waals surface area contributed by atoms with E-state index in [0.29, 0.717) is 13.5 Å². The lowest BCUT2D eigenvalue weighted by Gasteiger charge is -2.20. The highest BCUT2D eigenvalue weighted by molar-refractivity contribution is 5.97. The zero-order valence-corrected chi connectivity index (χ0v) is 14.8. The molecule has 3 rings (SSSR count). The zero-order valence-electron chi connectivity index (χ0n) is 14.8. The molecule has 6 heteroatoms. The summed E-state index contributed by atoms with van der Waals surface area (Å²) in [7, 11) is 0. The minimum Gasteiger partial charge on any atom is -0.331 e. The van der Waals surface area contributed by atoms with Crippen molar-refractivity contribution in [3.8, 4) is 0 Å². The molecule has 0 unspecified atom stereocenters. The van der Waals surface area contributed by atoms with Crippen molar-refractivity contribution in [2.45, 2.75) is 38.8 Å². The van der Waals surface area contributed by atoms with Gasteiger partial charge in [0, 0.05) is 36.0 Å². The molecular formula is C20H24N3O3+. The van der Waals surface area contributed by atoms with Crippen molar-refractivity contribution < 1.29 is 14.1 Å². The summed E-state index contributed by atoms with van der Waals surface area (Å²) in [6.45, 7) is 0.791. The Bertz CT molecular complexity index is 700. The number of nitroso groups, excluding NO2 is 1. The van der Waals surface area contributed by atoms with Crippen LogP contribution in [0.4, 0.5) is 0 Å². The molecule has 0 spiro atoms. The van der Waals surface area contributed by atoms with Crippen LogP contribution in [-0.2, 0) is 11.5 Å². The van der Waals surface area contributed by atoms with Gasteiger partial charge in [-0.1, -0.05) is 19.3 Å². The first kappa shape index (κ1) is 18.2. The second kappa shape index (κ2) is 9.20. The molecule has 0 atom stereocenters. The highest BCUT2D eigenvalue weighted by Crippen LogP contribution is 2.26. The lowest BCUT2D eigenvalue weighted by Crippen LogP contribution is -2.36. The van der Waals surface area contributed by atoms with E-state index in [0.717, 1.165) is 24.0 Å². The number of hydrogen-bond donors (Lipinski definition) is 0. The van der Waals surface area contributed by atoms with Gasteiger partial charge < -0.3 is 9.64 Å². The third-order valence-electron chi connectivity index (χ3n) is 4.75. The second-order valence-corrected chi connectivity index (χ2v) is 6.64. The maximum Gasteiger partial charge on any atom is 0.254 e. The normalized spacial score (nSPS) is 17.4. The third-order valence-corrected chi connectivity index (χ3v) is 4.75. The van der Waals surface area contributed by atoms with Crippen molar-refractivity contribution in [2.24, 2.45) is 11.1 Å². The first-order valence-corrected chi connectivity index (χ1v) is 9.02. The monoisotopic (exact) mass is 354 g/mol. The molecule has 6 nitrogen and oxygen atoms in total. The van der Waals surface area contributed by atoms with Crippen molar-refractivity contribution in [3.63, 3.8) is 0 Å². The minimum atomic E-state index is 0.196. The molecule has 0 radical (unpaired) electrons. The fourth-order valence-corrected chi connectivity index (χ4v) is 3.26. The van der Waals surface area contributed by atoms with E-state index in [9.17, 15) is 9.70 Å². The van der Waals surface area contributed by atoms with Crippen LogP contribution in [0.5, 0.6) is 0 Å². The van der Waals surface area contributed by atoms with E-state index in [-0.39, 0.29) is 11.7 Å². The Hall–Kier alpha value is -2.60. The van der Waals surface area contributed by atoms with Gasteiger partial charge in [0.15, 0.2) is 18.2 Å². The summed E-state index contributed by atoms with van der Waals surface area (Å²) >= 11 is 0. The number of carbonyl (C=O) groups is 1. The van der Waals surface area contributed by atoms with Crippen molar-refractivity contribution in [3.05, 3.63) is 71.3 Å². The molecule has 1 aromatic rings. The summed E-state index contributed by atoms with van der Waals surface area (Å²) in [5.74, 6) is 0.469. The molecule has 0 aromatic carbocycles. The van der Waals surface area contributed by atoms with Crippen LogP contribution in [0.2, 0.25) is 0 Å². The van der Waals surface area contributed by atoms with Gasteiger partial charge in [0.05, 0.1) is 6.20 Å². The quantitative estimate of drug-likeness (QED) is 0.426. The van der Waals surface area contributed by atoms with E-state index in [1.807, 2.05) is 46.4 Å². The number of nitrogens with zero attached hydrogens (tertiary/aromatic N) is 3. The predicted molar refractivity (Wildman–Crippen MR) is 97.5 cm³/mol. The SMILES string of the molecule is O=NC=C1C=CN(COC[n+]2ccc(C(=O)C3CCCCC3)cc2)C=C1. The summed E-state index contributed by atoms with van der Waals surface area (Å²) in [4.78, 5) is 24.6. The molecule has 0 saturated heterocycles. The number of pyridine rings is 1. The number of rotatable bonds is 7. The van der Waals surface area contributed by atoms with E-state index >= 15 is 0 Å². The first-order chi connectivity index (χ1) is 12.8. The molecule has 2 heterocycles. The average molecular weight is 354 g/mol. The Balaban J connectivity index is 1.45. The van der Waals surface area contributed by atoms with E-state index in [4.69, 9.17) is 4.74 Å². The number of ketones is 1. The molecule has 0 bridgehead atoms. The number of ether oxygens (including phenoxy) is 1. The fourth-order valence-electron chi connectivity index (χ4n) is 3.26. The third kappa shape index (κ3) is 4.95. The van der Waals surface area contributed by atoms with Gasteiger partial charge >= 0.3 is 0 Å². The van der Waals surface area contributed by atoms with E-state index in [2.05, 4.69) is 5.18 Å². The van der Waals surface area contributed by atoms with Gasteiger partial charge in [-0.15, -0.1) is 4.91 Å². The zero-order chi connectivity index (χ0) is 18.2. The molecule has 0 N–H and O–H groups in total. The molecule has 0 amide bonds. The van der Waals surface area contributed by atoms with Crippen LogP contribution in [0.1, 0.15) is 42.5 Å². The molecule has 1 aromatic heterocycles. The van der Waals surface area contributed by atoms with Gasteiger partial charge in [-0.05, 0) is 35.7 Å². The van der Waals surface area contributed by atoms with Crippen LogP contribution in [-0.4, -0.2) is 17.4 Å². The lowest BCUT2D eigenvalue weighted by atomic mass is 9.84. The molecule has 26 heavy (non-hydrogen) atoms. The maximum absolute atomic E-state index is 12.5. The standard InChI is InChI=1S/C20H24N3O3/c24-20(18-4-2-1-3-5-18)19-8-12-23(13-9-19)16-26-15-22-10-6-17(7-11-22)14-21-25/h6-14,18H,1-5,15-16H2/q+1. The fraction of sp³-hybridized carbons (Fsp3) is 0.400. The summed E-state index contributed by atoms with van der Waals surface area (Å²) < 4.78 is 7.57. The van der Waals surface area contributed by atoms with Gasteiger partial charge in [0.25, 0.3) is 6.73 Å². The molecule has 136 valence electrons. The Morgan fingerprint density at radius 3 is 2.54 bits per heavy atom. The van der Waals surface area contributed by atoms with Gasteiger partial charge in [0.2, 0.25) is 0 Å². The Kier molecular flexibility index (Phi) is 6.44. The van der Waals surface area contributed by atoms with E-state index in [1.165, 1.54) is 25.5 Å². The second-order valence-electron chi connectivity index (χ2n) is 6.64. The van der Waals surface area contributed by atoms with Crippen molar-refractivity contribution in [1.29, 1.82) is 0 Å². The topological polar surface area (TPSA) is 62.9 Å². The summed E-state index contributed by atoms with van der Waals surface area (Å²) in [6.07, 6.45) is 17.9. The highest BCUT2D eigenvalue weighted by Gasteiger charge is 2.22. The van der Waals surface area contributed by atoms with Gasteiger partial charge in [0.1, 0.15) is 6.73 Å².